The summed E-state index contributed by atoms with van der Waals surface area (Å²) >= 11 is 0. The van der Waals surface area contributed by atoms with Crippen molar-refractivity contribution in [2.24, 2.45) is 4.99 Å². The molecule has 2 rings (SSSR count). The smallest absolute Gasteiger partial charge is 0.118 e. The Labute approximate surface area is 128 Å². The van der Waals surface area contributed by atoms with Crippen LogP contribution >= 0.6 is 12.4 Å². The van der Waals surface area contributed by atoms with E-state index >= 15 is 0 Å². The van der Waals surface area contributed by atoms with Gasteiger partial charge in [-0.2, -0.15) is 0 Å². The van der Waals surface area contributed by atoms with Gasteiger partial charge < -0.3 is 10.6 Å². The minimum atomic E-state index is 0. The van der Waals surface area contributed by atoms with Crippen molar-refractivity contribution in [3.63, 3.8) is 0 Å². The summed E-state index contributed by atoms with van der Waals surface area (Å²) in [6, 6.07) is 6.75. The molecule has 0 fully saturated rings. The lowest BCUT2D eigenvalue weighted by Gasteiger charge is -2.22. The van der Waals surface area contributed by atoms with E-state index < -0.39 is 0 Å². The van der Waals surface area contributed by atoms with Gasteiger partial charge in [-0.15, -0.1) is 12.4 Å². The van der Waals surface area contributed by atoms with Crippen LogP contribution in [0.3, 0.4) is 0 Å². The number of aryl methyl sites for hydroxylation is 1. The maximum absolute atomic E-state index is 4.60. The molecule has 0 saturated heterocycles. The number of unbranched alkanes of at least 4 members (excludes halogenated alkanes) is 1. The van der Waals surface area contributed by atoms with Crippen molar-refractivity contribution in [2.75, 3.05) is 19.6 Å². The van der Waals surface area contributed by atoms with Crippen LogP contribution in [0.4, 0.5) is 0 Å². The molecule has 0 bridgehead atoms. The molecule has 4 heteroatoms. The topological polar surface area (TPSA) is 36.4 Å². The quantitative estimate of drug-likeness (QED) is 0.791. The van der Waals surface area contributed by atoms with Crippen molar-refractivity contribution in [3.05, 3.63) is 34.9 Å². The number of amidine groups is 1. The average Bonchev–Trinajstić information content (AvgIpc) is 2.92. The average molecular weight is 296 g/mol. The summed E-state index contributed by atoms with van der Waals surface area (Å²) in [7, 11) is 0. The van der Waals surface area contributed by atoms with Crippen LogP contribution in [-0.2, 0) is 0 Å². The Morgan fingerprint density at radius 3 is 2.80 bits per heavy atom. The fraction of sp³-hybridized carbons (Fsp3) is 0.562. The standard InChI is InChI=1S/C16H25N3.ClH/c1-4-5-9-17-15(16-18-10-11-19-16)14-8-6-7-12(2)13(14)3;/h6-8,15,17H,4-5,9-11H2,1-3H3,(H,18,19);1H. The fourth-order valence-electron chi connectivity index (χ4n) is 2.47. The number of rotatable bonds is 6. The van der Waals surface area contributed by atoms with Crippen molar-refractivity contribution >= 4 is 18.2 Å². The lowest BCUT2D eigenvalue weighted by atomic mass is 9.96. The van der Waals surface area contributed by atoms with Gasteiger partial charge in [-0.3, -0.25) is 4.99 Å². The molecule has 2 N–H and O–H groups in total. The van der Waals surface area contributed by atoms with Gasteiger partial charge in [0.25, 0.3) is 0 Å². The highest BCUT2D eigenvalue weighted by Gasteiger charge is 2.21. The van der Waals surface area contributed by atoms with Gasteiger partial charge in [0.15, 0.2) is 0 Å². The summed E-state index contributed by atoms with van der Waals surface area (Å²) < 4.78 is 0. The number of hydrogen-bond donors (Lipinski definition) is 2. The third kappa shape index (κ3) is 3.97. The first-order chi connectivity index (χ1) is 9.24. The van der Waals surface area contributed by atoms with Gasteiger partial charge in [-0.25, -0.2) is 0 Å². The van der Waals surface area contributed by atoms with Crippen molar-refractivity contribution in [3.8, 4) is 0 Å². The molecule has 1 aromatic rings. The number of halogens is 1. The number of nitrogens with one attached hydrogen (secondary N) is 2. The lowest BCUT2D eigenvalue weighted by molar-refractivity contribution is 0.601. The SMILES string of the molecule is CCCCNC(C1=NCCN1)c1cccc(C)c1C.Cl. The molecule has 1 aliphatic rings. The first-order valence-corrected chi connectivity index (χ1v) is 7.31. The predicted molar refractivity (Wildman–Crippen MR) is 89.1 cm³/mol. The van der Waals surface area contributed by atoms with Gasteiger partial charge in [0.2, 0.25) is 0 Å². The van der Waals surface area contributed by atoms with Crippen LogP contribution in [0, 0.1) is 13.8 Å². The van der Waals surface area contributed by atoms with Crippen molar-refractivity contribution in [2.45, 2.75) is 39.7 Å². The van der Waals surface area contributed by atoms with Crippen molar-refractivity contribution < 1.29 is 0 Å². The summed E-state index contributed by atoms with van der Waals surface area (Å²) in [6.45, 7) is 9.49. The van der Waals surface area contributed by atoms with Crippen LogP contribution < -0.4 is 10.6 Å². The number of hydrogen-bond acceptors (Lipinski definition) is 3. The molecule has 112 valence electrons. The van der Waals surface area contributed by atoms with Crippen LogP contribution in [0.5, 0.6) is 0 Å². The van der Waals surface area contributed by atoms with E-state index in [0.29, 0.717) is 0 Å². The molecule has 1 heterocycles. The molecular formula is C16H26ClN3. The Hall–Kier alpha value is -1.06. The summed E-state index contributed by atoms with van der Waals surface area (Å²) in [4.78, 5) is 4.60. The Morgan fingerprint density at radius 2 is 2.15 bits per heavy atom. The monoisotopic (exact) mass is 295 g/mol. The van der Waals surface area contributed by atoms with E-state index in [1.807, 2.05) is 0 Å². The highest BCUT2D eigenvalue weighted by atomic mass is 35.5. The van der Waals surface area contributed by atoms with Gasteiger partial charge in [-0.05, 0) is 43.5 Å². The molecule has 1 unspecified atom stereocenters. The van der Waals surface area contributed by atoms with Gasteiger partial charge in [0, 0.05) is 6.54 Å². The van der Waals surface area contributed by atoms with E-state index in [2.05, 4.69) is 54.6 Å². The number of aliphatic imine (C=N–C) groups is 1. The third-order valence-electron chi connectivity index (χ3n) is 3.81. The van der Waals surface area contributed by atoms with Crippen LogP contribution in [0.25, 0.3) is 0 Å². The van der Waals surface area contributed by atoms with Crippen molar-refractivity contribution in [1.82, 2.24) is 10.6 Å². The Kier molecular flexibility index (Phi) is 7.03. The molecular weight excluding hydrogens is 270 g/mol. The first-order valence-electron chi connectivity index (χ1n) is 7.31. The molecule has 0 aromatic heterocycles. The molecule has 20 heavy (non-hydrogen) atoms. The summed E-state index contributed by atoms with van der Waals surface area (Å²) in [6.07, 6.45) is 2.42. The van der Waals surface area contributed by atoms with Crippen molar-refractivity contribution in [1.29, 1.82) is 0 Å². The summed E-state index contributed by atoms with van der Waals surface area (Å²) in [5, 5.41) is 7.07. The predicted octanol–water partition coefficient (Wildman–Crippen LogP) is 3.16. The highest BCUT2D eigenvalue weighted by molar-refractivity contribution is 5.90. The minimum Gasteiger partial charge on any atom is -0.370 e. The number of nitrogens with zero attached hydrogens (tertiary/aromatic N) is 1. The van der Waals surface area contributed by atoms with Crippen LogP contribution in [0.15, 0.2) is 23.2 Å². The normalized spacial score (nSPS) is 15.2. The lowest BCUT2D eigenvalue weighted by Crippen LogP contribution is -2.36. The maximum Gasteiger partial charge on any atom is 0.118 e. The van der Waals surface area contributed by atoms with E-state index in [1.165, 1.54) is 29.5 Å². The van der Waals surface area contributed by atoms with E-state index in [0.717, 1.165) is 25.5 Å². The summed E-state index contributed by atoms with van der Waals surface area (Å²) in [5.74, 6) is 1.10. The molecule has 0 saturated carbocycles. The fourth-order valence-corrected chi connectivity index (χ4v) is 2.47. The Balaban J connectivity index is 0.00000200. The third-order valence-corrected chi connectivity index (χ3v) is 3.81. The molecule has 3 nitrogen and oxygen atoms in total. The zero-order valence-corrected chi connectivity index (χ0v) is 13.5. The van der Waals surface area contributed by atoms with Crippen LogP contribution in [0.2, 0.25) is 0 Å². The number of benzene rings is 1. The molecule has 0 aliphatic carbocycles. The Morgan fingerprint density at radius 1 is 1.35 bits per heavy atom. The Bertz CT molecular complexity index is 457. The molecule has 1 atom stereocenters. The van der Waals surface area contributed by atoms with Gasteiger partial charge in [-0.1, -0.05) is 31.5 Å². The minimum absolute atomic E-state index is 0. The second kappa shape index (κ2) is 8.28. The molecule has 1 aromatic carbocycles. The zero-order chi connectivity index (χ0) is 13.7. The highest BCUT2D eigenvalue weighted by Crippen LogP contribution is 2.22. The first kappa shape index (κ1) is 17.0. The van der Waals surface area contributed by atoms with Crippen LogP contribution in [0.1, 0.15) is 42.5 Å². The summed E-state index contributed by atoms with van der Waals surface area (Å²) in [5.41, 5.74) is 4.07. The molecule has 1 aliphatic heterocycles. The van der Waals surface area contributed by atoms with Crippen LogP contribution in [-0.4, -0.2) is 25.5 Å². The van der Waals surface area contributed by atoms with E-state index in [4.69, 9.17) is 0 Å². The molecule has 0 amide bonds. The second-order valence-electron chi connectivity index (χ2n) is 5.22. The van der Waals surface area contributed by atoms with Gasteiger partial charge in [0.05, 0.1) is 12.6 Å². The zero-order valence-electron chi connectivity index (χ0n) is 12.7. The molecule has 0 spiro atoms. The second-order valence-corrected chi connectivity index (χ2v) is 5.22. The van der Waals surface area contributed by atoms with E-state index in [9.17, 15) is 0 Å². The van der Waals surface area contributed by atoms with E-state index in [-0.39, 0.29) is 18.4 Å². The maximum atomic E-state index is 4.60. The van der Waals surface area contributed by atoms with E-state index in [1.54, 1.807) is 0 Å². The largest absolute Gasteiger partial charge is 0.370 e. The van der Waals surface area contributed by atoms with Gasteiger partial charge in [0.1, 0.15) is 5.84 Å². The van der Waals surface area contributed by atoms with Gasteiger partial charge >= 0.3 is 0 Å². The molecule has 0 radical (unpaired) electrons.